The van der Waals surface area contributed by atoms with E-state index in [0.29, 0.717) is 30.5 Å². The molecular weight excluding hydrogens is 450 g/mol. The summed E-state index contributed by atoms with van der Waals surface area (Å²) in [6.07, 6.45) is 0. The highest BCUT2D eigenvalue weighted by atomic mass is 32.1. The number of carbonyl (C=O) groups excluding carboxylic acids is 1. The second kappa shape index (κ2) is 9.74. The molecule has 0 aliphatic carbocycles. The van der Waals surface area contributed by atoms with Crippen LogP contribution in [0.3, 0.4) is 0 Å². The molecule has 1 unspecified atom stereocenters. The van der Waals surface area contributed by atoms with Crippen LogP contribution in [-0.4, -0.2) is 64.1 Å². The van der Waals surface area contributed by atoms with Crippen LogP contribution in [0.2, 0.25) is 0 Å². The molecule has 0 spiro atoms. The highest BCUT2D eigenvalue weighted by Gasteiger charge is 2.29. The summed E-state index contributed by atoms with van der Waals surface area (Å²) in [4.78, 5) is 26.4. The smallest absolute Gasteiger partial charge is 0.273 e. The zero-order valence-corrected chi connectivity index (χ0v) is 19.9. The van der Waals surface area contributed by atoms with Crippen molar-refractivity contribution < 1.29 is 14.1 Å². The van der Waals surface area contributed by atoms with Crippen LogP contribution in [0.1, 0.15) is 29.3 Å². The van der Waals surface area contributed by atoms with Crippen molar-refractivity contribution in [3.8, 4) is 27.7 Å². The maximum Gasteiger partial charge on any atom is 0.273 e. The SMILES string of the molecule is COc1ccccc1-c1nc(C(=O)N2CCN(C(C)c3nc(-c4ccccc4)no3)CC2)cs1. The second-order valence-corrected chi connectivity index (χ2v) is 8.92. The van der Waals surface area contributed by atoms with E-state index in [-0.39, 0.29) is 11.9 Å². The number of hydrogen-bond donors (Lipinski definition) is 0. The van der Waals surface area contributed by atoms with Gasteiger partial charge in [-0.15, -0.1) is 11.3 Å². The van der Waals surface area contributed by atoms with Crippen molar-refractivity contribution in [3.63, 3.8) is 0 Å². The summed E-state index contributed by atoms with van der Waals surface area (Å²) in [7, 11) is 1.63. The first kappa shape index (κ1) is 22.2. The molecule has 2 aromatic heterocycles. The summed E-state index contributed by atoms with van der Waals surface area (Å²) in [5.41, 5.74) is 2.29. The van der Waals surface area contributed by atoms with Crippen LogP contribution in [0.5, 0.6) is 5.75 Å². The van der Waals surface area contributed by atoms with Gasteiger partial charge in [0.05, 0.1) is 18.7 Å². The Hall–Kier alpha value is -3.56. The van der Waals surface area contributed by atoms with E-state index in [4.69, 9.17) is 9.26 Å². The monoisotopic (exact) mass is 475 g/mol. The van der Waals surface area contributed by atoms with Crippen molar-refractivity contribution in [2.45, 2.75) is 13.0 Å². The van der Waals surface area contributed by atoms with E-state index in [9.17, 15) is 4.79 Å². The van der Waals surface area contributed by atoms with Gasteiger partial charge >= 0.3 is 0 Å². The molecule has 1 amide bonds. The molecule has 1 aliphatic heterocycles. The Kier molecular flexibility index (Phi) is 6.37. The summed E-state index contributed by atoms with van der Waals surface area (Å²) in [5.74, 6) is 1.87. The Morgan fingerprint density at radius 3 is 2.53 bits per heavy atom. The third kappa shape index (κ3) is 4.44. The van der Waals surface area contributed by atoms with Gasteiger partial charge in [-0.05, 0) is 19.1 Å². The molecule has 8 nitrogen and oxygen atoms in total. The summed E-state index contributed by atoms with van der Waals surface area (Å²) in [5, 5.41) is 6.73. The molecule has 4 aromatic rings. The standard InChI is InChI=1S/C25H25N5O3S/c1-17(23-27-22(28-33-23)18-8-4-3-5-9-18)29-12-14-30(15-13-29)25(31)20-16-34-24(26-20)19-10-6-7-11-21(19)32-2/h3-11,16-17H,12-15H2,1-2H3. The highest BCUT2D eigenvalue weighted by molar-refractivity contribution is 7.13. The molecule has 0 bridgehead atoms. The minimum atomic E-state index is -0.0474. The van der Waals surface area contributed by atoms with Gasteiger partial charge in [-0.2, -0.15) is 4.98 Å². The molecule has 9 heteroatoms. The van der Waals surface area contributed by atoms with Crippen LogP contribution in [0.4, 0.5) is 0 Å². The number of thiazole rings is 1. The number of para-hydroxylation sites is 1. The van der Waals surface area contributed by atoms with E-state index in [1.807, 2.05) is 64.9 Å². The molecule has 2 aromatic carbocycles. The lowest BCUT2D eigenvalue weighted by Gasteiger charge is -2.36. The fourth-order valence-corrected chi connectivity index (χ4v) is 4.88. The molecule has 1 saturated heterocycles. The van der Waals surface area contributed by atoms with Crippen LogP contribution in [0.25, 0.3) is 22.0 Å². The number of ether oxygens (including phenoxy) is 1. The first-order chi connectivity index (χ1) is 16.6. The van der Waals surface area contributed by atoms with Gasteiger partial charge in [-0.3, -0.25) is 9.69 Å². The number of piperazine rings is 1. The maximum atomic E-state index is 13.1. The van der Waals surface area contributed by atoms with E-state index < -0.39 is 0 Å². The molecule has 3 heterocycles. The summed E-state index contributed by atoms with van der Waals surface area (Å²) >= 11 is 1.45. The number of benzene rings is 2. The van der Waals surface area contributed by atoms with E-state index >= 15 is 0 Å². The van der Waals surface area contributed by atoms with Gasteiger partial charge in [0.15, 0.2) is 0 Å². The molecule has 1 fully saturated rings. The average molecular weight is 476 g/mol. The molecule has 0 radical (unpaired) electrons. The molecule has 1 atom stereocenters. The van der Waals surface area contributed by atoms with Gasteiger partial charge in [0.2, 0.25) is 11.7 Å². The van der Waals surface area contributed by atoms with E-state index in [0.717, 1.165) is 35.0 Å². The second-order valence-electron chi connectivity index (χ2n) is 8.06. The number of hydrogen-bond acceptors (Lipinski definition) is 8. The average Bonchev–Trinajstić information content (AvgIpc) is 3.59. The fourth-order valence-electron chi connectivity index (χ4n) is 4.06. The van der Waals surface area contributed by atoms with Gasteiger partial charge in [-0.1, -0.05) is 47.6 Å². The number of nitrogens with zero attached hydrogens (tertiary/aromatic N) is 5. The lowest BCUT2D eigenvalue weighted by Crippen LogP contribution is -2.49. The van der Waals surface area contributed by atoms with Gasteiger partial charge in [0.1, 0.15) is 16.5 Å². The Morgan fingerprint density at radius 1 is 1.03 bits per heavy atom. The van der Waals surface area contributed by atoms with Gasteiger partial charge in [0, 0.05) is 37.1 Å². The van der Waals surface area contributed by atoms with Crippen molar-refractivity contribution in [1.29, 1.82) is 0 Å². The van der Waals surface area contributed by atoms with Gasteiger partial charge in [0.25, 0.3) is 5.91 Å². The normalized spacial score (nSPS) is 15.3. The minimum absolute atomic E-state index is 0.0290. The van der Waals surface area contributed by atoms with E-state index in [1.54, 1.807) is 7.11 Å². The fraction of sp³-hybridized carbons (Fsp3) is 0.280. The van der Waals surface area contributed by atoms with Crippen molar-refractivity contribution in [2.75, 3.05) is 33.3 Å². The van der Waals surface area contributed by atoms with Gasteiger partial charge < -0.3 is 14.2 Å². The number of rotatable bonds is 6. The molecule has 34 heavy (non-hydrogen) atoms. The molecule has 174 valence electrons. The summed E-state index contributed by atoms with van der Waals surface area (Å²) < 4.78 is 11.0. The maximum absolute atomic E-state index is 13.1. The lowest BCUT2D eigenvalue weighted by atomic mass is 10.2. The zero-order chi connectivity index (χ0) is 23.5. The summed E-state index contributed by atoms with van der Waals surface area (Å²) in [6.45, 7) is 4.73. The van der Waals surface area contributed by atoms with E-state index in [2.05, 4.69) is 26.9 Å². The molecule has 0 N–H and O–H groups in total. The van der Waals surface area contributed by atoms with Crippen molar-refractivity contribution in [1.82, 2.24) is 24.9 Å². The lowest BCUT2D eigenvalue weighted by molar-refractivity contribution is 0.0547. The predicted molar refractivity (Wildman–Crippen MR) is 130 cm³/mol. The molecule has 0 saturated carbocycles. The van der Waals surface area contributed by atoms with E-state index in [1.165, 1.54) is 11.3 Å². The largest absolute Gasteiger partial charge is 0.496 e. The van der Waals surface area contributed by atoms with Crippen LogP contribution in [-0.2, 0) is 0 Å². The summed E-state index contributed by atoms with van der Waals surface area (Å²) in [6, 6.07) is 17.4. The Labute approximate surface area is 201 Å². The highest BCUT2D eigenvalue weighted by Crippen LogP contribution is 2.32. The Balaban J connectivity index is 1.21. The predicted octanol–water partition coefficient (Wildman–Crippen LogP) is 4.39. The van der Waals surface area contributed by atoms with Crippen molar-refractivity contribution in [2.24, 2.45) is 0 Å². The Morgan fingerprint density at radius 2 is 1.76 bits per heavy atom. The van der Waals surface area contributed by atoms with Crippen molar-refractivity contribution in [3.05, 3.63) is 71.6 Å². The molecule has 5 rings (SSSR count). The Bertz CT molecular complexity index is 1260. The number of methoxy groups -OCH3 is 1. The number of carbonyl (C=O) groups is 1. The number of amides is 1. The quantitative estimate of drug-likeness (QED) is 0.409. The third-order valence-corrected chi connectivity index (χ3v) is 6.92. The minimum Gasteiger partial charge on any atom is -0.496 e. The zero-order valence-electron chi connectivity index (χ0n) is 19.0. The topological polar surface area (TPSA) is 84.6 Å². The van der Waals surface area contributed by atoms with Crippen LogP contribution < -0.4 is 4.74 Å². The first-order valence-electron chi connectivity index (χ1n) is 11.2. The molecular formula is C25H25N5O3S. The van der Waals surface area contributed by atoms with Gasteiger partial charge in [-0.25, -0.2) is 4.98 Å². The first-order valence-corrected chi connectivity index (χ1v) is 12.0. The third-order valence-electron chi connectivity index (χ3n) is 6.04. The van der Waals surface area contributed by atoms with Crippen LogP contribution >= 0.6 is 11.3 Å². The van der Waals surface area contributed by atoms with Crippen LogP contribution in [0, 0.1) is 0 Å². The van der Waals surface area contributed by atoms with Crippen LogP contribution in [0.15, 0.2) is 64.5 Å². The molecule has 1 aliphatic rings. The van der Waals surface area contributed by atoms with Crippen molar-refractivity contribution >= 4 is 17.2 Å². The number of aromatic nitrogens is 3.